The molecule has 7 heteroatoms. The van der Waals surface area contributed by atoms with Crippen LogP contribution in [-0.2, 0) is 18.6 Å². The molecule has 5 rings (SSSR count). The Morgan fingerprint density at radius 2 is 1.46 bits per heavy atom. The van der Waals surface area contributed by atoms with Gasteiger partial charge in [0.05, 0.1) is 28.4 Å². The molecule has 0 amide bonds. The molecule has 1 aromatic carbocycles. The molecule has 0 N–H and O–H groups in total. The fourth-order valence-corrected chi connectivity index (χ4v) is 6.16. The summed E-state index contributed by atoms with van der Waals surface area (Å²) in [6, 6.07) is 7.16. The van der Waals surface area contributed by atoms with E-state index in [1.54, 1.807) is 0 Å². The fraction of sp³-hybridized carbons (Fsp3) is 0.688. The zero-order valence-electron chi connectivity index (χ0n) is 26.0. The molecule has 3 heterocycles. The lowest BCUT2D eigenvalue weighted by Gasteiger charge is -2.32. The minimum Gasteiger partial charge on any atom is -0.399 e. The molecular weight excluding hydrogens is 484 g/mol. The van der Waals surface area contributed by atoms with Crippen LogP contribution in [0.4, 0.5) is 5.69 Å². The van der Waals surface area contributed by atoms with Crippen molar-refractivity contribution in [3.63, 3.8) is 0 Å². The molecule has 39 heavy (non-hydrogen) atoms. The maximum absolute atomic E-state index is 6.46. The Kier molecular flexibility index (Phi) is 7.49. The Bertz CT molecular complexity index is 1120. The Morgan fingerprint density at radius 1 is 0.872 bits per heavy atom. The van der Waals surface area contributed by atoms with E-state index in [1.807, 2.05) is 0 Å². The third kappa shape index (κ3) is 5.07. The number of hydrogen-bond acceptors (Lipinski definition) is 5. The van der Waals surface area contributed by atoms with Gasteiger partial charge in [-0.05, 0) is 96.7 Å². The number of rotatable bonds is 8. The fourth-order valence-electron chi connectivity index (χ4n) is 6.16. The molecule has 1 aromatic rings. The lowest BCUT2D eigenvalue weighted by atomic mass is 9.72. The van der Waals surface area contributed by atoms with Gasteiger partial charge in [-0.25, -0.2) is 0 Å². The van der Waals surface area contributed by atoms with Gasteiger partial charge in [0.1, 0.15) is 0 Å². The molecular formula is C32H49B2NO4. The van der Waals surface area contributed by atoms with Crippen LogP contribution in [0.2, 0.25) is 0 Å². The Hall–Kier alpha value is -1.53. The van der Waals surface area contributed by atoms with Gasteiger partial charge in [-0.1, -0.05) is 57.4 Å². The molecule has 0 radical (unpaired) electrons. The van der Waals surface area contributed by atoms with Gasteiger partial charge in [0.2, 0.25) is 0 Å². The summed E-state index contributed by atoms with van der Waals surface area (Å²) < 4.78 is 25.8. The molecule has 0 bridgehead atoms. The summed E-state index contributed by atoms with van der Waals surface area (Å²) in [7, 11) is -0.719. The predicted molar refractivity (Wildman–Crippen MR) is 163 cm³/mol. The first kappa shape index (κ1) is 29.0. The van der Waals surface area contributed by atoms with Gasteiger partial charge in [0, 0.05) is 17.8 Å². The highest BCUT2D eigenvalue weighted by molar-refractivity contribution is 6.62. The highest BCUT2D eigenvalue weighted by Crippen LogP contribution is 2.47. The van der Waals surface area contributed by atoms with E-state index in [4.69, 9.17) is 18.6 Å². The van der Waals surface area contributed by atoms with Gasteiger partial charge >= 0.3 is 14.2 Å². The molecule has 0 aromatic heterocycles. The van der Waals surface area contributed by atoms with Crippen LogP contribution >= 0.6 is 0 Å². The first-order chi connectivity index (χ1) is 18.2. The van der Waals surface area contributed by atoms with Crippen molar-refractivity contribution in [3.05, 3.63) is 41.4 Å². The van der Waals surface area contributed by atoms with Crippen molar-refractivity contribution in [2.75, 3.05) is 11.4 Å². The first-order valence-corrected chi connectivity index (χ1v) is 15.2. The van der Waals surface area contributed by atoms with Crippen molar-refractivity contribution < 1.29 is 18.6 Å². The maximum Gasteiger partial charge on any atom is 0.494 e. The normalized spacial score (nSPS) is 26.8. The number of benzene rings is 1. The molecule has 2 saturated heterocycles. The maximum atomic E-state index is 6.46. The van der Waals surface area contributed by atoms with Crippen LogP contribution < -0.4 is 10.4 Å². The minimum absolute atomic E-state index is 0.329. The van der Waals surface area contributed by atoms with Crippen molar-refractivity contribution in [2.45, 2.75) is 130 Å². The summed E-state index contributed by atoms with van der Waals surface area (Å²) >= 11 is 0. The van der Waals surface area contributed by atoms with Crippen LogP contribution in [-0.4, -0.2) is 49.2 Å². The molecule has 3 aliphatic heterocycles. The molecule has 1 aliphatic carbocycles. The number of hydrogen-bond donors (Lipinski definition) is 0. The van der Waals surface area contributed by atoms with Gasteiger partial charge in [-0.15, -0.1) is 0 Å². The van der Waals surface area contributed by atoms with E-state index in [2.05, 4.69) is 104 Å². The second kappa shape index (κ2) is 10.1. The molecule has 4 aliphatic rings. The predicted octanol–water partition coefficient (Wildman–Crippen LogP) is 6.74. The van der Waals surface area contributed by atoms with E-state index < -0.39 is 0 Å². The standard InChI is InChI=1S/C32H49B2NO4/c1-11-13-14-22(12-2)21-35-27-17-15-23(33-36-29(3,4)30(5,6)37-33)19-25(27)26-20-24(16-18-28(26)35)34-38-31(7,8)32(9,10)39-34/h15-17,19-20,22,28H,11-14,18,21H2,1-10H3. The molecule has 212 valence electrons. The summed E-state index contributed by atoms with van der Waals surface area (Å²) in [6.45, 7) is 22.7. The zero-order chi connectivity index (χ0) is 28.4. The molecule has 0 saturated carbocycles. The van der Waals surface area contributed by atoms with E-state index in [0.29, 0.717) is 12.0 Å². The Balaban J connectivity index is 1.50. The van der Waals surface area contributed by atoms with Crippen molar-refractivity contribution in [1.82, 2.24) is 0 Å². The topological polar surface area (TPSA) is 40.2 Å². The monoisotopic (exact) mass is 533 g/mol. The minimum atomic E-state index is -0.372. The number of nitrogens with zero attached hydrogens (tertiary/aromatic N) is 1. The van der Waals surface area contributed by atoms with Crippen molar-refractivity contribution in [2.24, 2.45) is 5.92 Å². The van der Waals surface area contributed by atoms with Gasteiger partial charge < -0.3 is 23.5 Å². The average molecular weight is 533 g/mol. The van der Waals surface area contributed by atoms with Crippen molar-refractivity contribution in [3.8, 4) is 0 Å². The lowest BCUT2D eigenvalue weighted by molar-refractivity contribution is 0.00578. The van der Waals surface area contributed by atoms with E-state index in [-0.39, 0.29) is 36.6 Å². The Labute approximate surface area is 238 Å². The molecule has 0 spiro atoms. The van der Waals surface area contributed by atoms with Crippen LogP contribution in [0.25, 0.3) is 5.57 Å². The van der Waals surface area contributed by atoms with Crippen LogP contribution in [0.3, 0.4) is 0 Å². The van der Waals surface area contributed by atoms with Crippen molar-refractivity contribution >= 4 is 31.0 Å². The van der Waals surface area contributed by atoms with E-state index in [9.17, 15) is 0 Å². The first-order valence-electron chi connectivity index (χ1n) is 15.2. The van der Waals surface area contributed by atoms with Crippen molar-refractivity contribution in [1.29, 1.82) is 0 Å². The molecule has 2 fully saturated rings. The quantitative estimate of drug-likeness (QED) is 0.347. The second-order valence-electron chi connectivity index (χ2n) is 14.1. The van der Waals surface area contributed by atoms with Gasteiger partial charge in [-0.3, -0.25) is 0 Å². The van der Waals surface area contributed by atoms with Gasteiger partial charge in [0.25, 0.3) is 0 Å². The molecule has 2 atom stereocenters. The van der Waals surface area contributed by atoms with Gasteiger partial charge in [0.15, 0.2) is 0 Å². The van der Waals surface area contributed by atoms with Crippen LogP contribution in [0.1, 0.15) is 107 Å². The van der Waals surface area contributed by atoms with Gasteiger partial charge in [-0.2, -0.15) is 0 Å². The van der Waals surface area contributed by atoms with Crippen LogP contribution in [0, 0.1) is 5.92 Å². The summed E-state index contributed by atoms with van der Waals surface area (Å²) in [4.78, 5) is 2.66. The molecule has 2 unspecified atom stereocenters. The Morgan fingerprint density at radius 3 is 2.03 bits per heavy atom. The number of allylic oxidation sites excluding steroid dienone is 2. The highest BCUT2D eigenvalue weighted by Gasteiger charge is 2.54. The number of unbranched alkanes of at least 4 members (excludes halogenated alkanes) is 1. The third-order valence-corrected chi connectivity index (χ3v) is 10.3. The summed E-state index contributed by atoms with van der Waals surface area (Å²) in [5.41, 5.74) is 4.75. The molecule has 5 nitrogen and oxygen atoms in total. The number of fused-ring (bicyclic) bond motifs is 3. The van der Waals surface area contributed by atoms with Crippen LogP contribution in [0.5, 0.6) is 0 Å². The number of anilines is 1. The van der Waals surface area contributed by atoms with E-state index in [1.165, 1.54) is 42.5 Å². The smallest absolute Gasteiger partial charge is 0.399 e. The zero-order valence-corrected chi connectivity index (χ0v) is 26.0. The summed E-state index contributed by atoms with van der Waals surface area (Å²) in [5.74, 6) is 0.688. The summed E-state index contributed by atoms with van der Waals surface area (Å²) in [5, 5.41) is 0. The largest absolute Gasteiger partial charge is 0.494 e. The third-order valence-electron chi connectivity index (χ3n) is 10.3. The average Bonchev–Trinajstić information content (AvgIpc) is 3.37. The lowest BCUT2D eigenvalue weighted by Crippen LogP contribution is -2.41. The highest BCUT2D eigenvalue weighted by atomic mass is 16.7. The van der Waals surface area contributed by atoms with E-state index >= 15 is 0 Å². The SMILES string of the molecule is CCCCC(CC)CN1c2ccc(B3OC(C)(C)C(C)(C)O3)cc2C2=CC(B3OC(C)(C)C(C)(C)O3)=CCC21. The van der Waals surface area contributed by atoms with E-state index in [0.717, 1.165) is 23.9 Å². The van der Waals surface area contributed by atoms with Crippen LogP contribution in [0.15, 0.2) is 35.8 Å². The summed E-state index contributed by atoms with van der Waals surface area (Å²) in [6.07, 6.45) is 10.7. The second-order valence-corrected chi connectivity index (χ2v) is 14.1.